The van der Waals surface area contributed by atoms with Crippen LogP contribution in [0.5, 0.6) is 0 Å². The first-order valence-electron chi connectivity index (χ1n) is 12.9. The summed E-state index contributed by atoms with van der Waals surface area (Å²) in [7, 11) is 0. The van der Waals surface area contributed by atoms with Gasteiger partial charge < -0.3 is 0 Å². The summed E-state index contributed by atoms with van der Waals surface area (Å²) in [5, 5.41) is 2.16. The van der Waals surface area contributed by atoms with E-state index in [1.54, 1.807) is 0 Å². The van der Waals surface area contributed by atoms with Crippen LogP contribution in [-0.4, -0.2) is 20.2 Å². The molecule has 2 aromatic heterocycles. The van der Waals surface area contributed by atoms with Crippen LogP contribution in [0.2, 0.25) is 0 Å². The van der Waals surface area contributed by atoms with Crippen molar-refractivity contribution in [3.05, 3.63) is 126 Å². The van der Waals surface area contributed by atoms with Crippen LogP contribution in [-0.2, 0) is 0 Å². The first-order chi connectivity index (χ1) is 18.7. The number of benzene rings is 4. The van der Waals surface area contributed by atoms with Gasteiger partial charge in [0.2, 0.25) is 5.95 Å². The van der Waals surface area contributed by atoms with Gasteiger partial charge in [-0.25, -0.2) is 9.97 Å². The van der Waals surface area contributed by atoms with Crippen LogP contribution in [0.4, 0.5) is 5.69 Å². The maximum atomic E-state index is 5.21. The average molecular weight is 493 g/mol. The summed E-state index contributed by atoms with van der Waals surface area (Å²) in [4.78, 5) is 15.4. The molecule has 2 heterocycles. The van der Waals surface area contributed by atoms with Crippen LogP contribution < -0.4 is 0 Å². The lowest BCUT2D eigenvalue weighted by Gasteiger charge is -2.14. The van der Waals surface area contributed by atoms with Crippen molar-refractivity contribution in [2.24, 2.45) is 4.99 Å². The first-order valence-corrected chi connectivity index (χ1v) is 12.9. The van der Waals surface area contributed by atoms with E-state index in [0.717, 1.165) is 61.3 Å². The largest absolute Gasteiger partial charge is 0.276 e. The highest BCUT2D eigenvalue weighted by molar-refractivity contribution is 6.09. The van der Waals surface area contributed by atoms with Crippen molar-refractivity contribution in [1.29, 1.82) is 0 Å². The number of aryl methyl sites for hydroxylation is 1. The molecule has 0 saturated heterocycles. The molecule has 6 aromatic rings. The van der Waals surface area contributed by atoms with Gasteiger partial charge in [0.25, 0.3) is 0 Å². The molecule has 184 valence electrons. The van der Waals surface area contributed by atoms with E-state index in [9.17, 15) is 0 Å². The fraction of sp³-hybridized carbons (Fsp3) is 0.0882. The van der Waals surface area contributed by atoms with E-state index < -0.39 is 0 Å². The highest BCUT2D eigenvalue weighted by atomic mass is 15.2. The van der Waals surface area contributed by atoms with Gasteiger partial charge in [-0.05, 0) is 44.5 Å². The van der Waals surface area contributed by atoms with E-state index in [-0.39, 0.29) is 0 Å². The summed E-state index contributed by atoms with van der Waals surface area (Å²) in [6, 6.07) is 35.2. The van der Waals surface area contributed by atoms with Gasteiger partial charge in [0.1, 0.15) is 0 Å². The van der Waals surface area contributed by atoms with Crippen molar-refractivity contribution in [1.82, 2.24) is 14.5 Å². The Labute approximate surface area is 222 Å². The van der Waals surface area contributed by atoms with Gasteiger partial charge in [-0.1, -0.05) is 97.1 Å². The molecule has 0 aliphatic heterocycles. The first kappa shape index (κ1) is 23.6. The van der Waals surface area contributed by atoms with E-state index >= 15 is 0 Å². The molecule has 4 nitrogen and oxygen atoms in total. The van der Waals surface area contributed by atoms with Crippen molar-refractivity contribution < 1.29 is 0 Å². The molecule has 6 rings (SSSR count). The van der Waals surface area contributed by atoms with Crippen molar-refractivity contribution in [2.45, 2.75) is 20.8 Å². The number of allylic oxidation sites excluding steroid dienone is 1. The number of para-hydroxylation sites is 3. The summed E-state index contributed by atoms with van der Waals surface area (Å²) >= 11 is 0. The molecule has 0 spiro atoms. The number of aromatic nitrogens is 3. The normalized spacial score (nSPS) is 12.1. The van der Waals surface area contributed by atoms with E-state index in [0.29, 0.717) is 5.95 Å². The Hall–Kier alpha value is -4.83. The number of hydrogen-bond acceptors (Lipinski definition) is 3. The summed E-state index contributed by atoms with van der Waals surface area (Å²) < 4.78 is 2.17. The number of fused-ring (bicyclic) bond motifs is 2. The minimum atomic E-state index is 0.629. The van der Waals surface area contributed by atoms with E-state index in [4.69, 9.17) is 15.0 Å². The van der Waals surface area contributed by atoms with Crippen molar-refractivity contribution in [3.8, 4) is 17.2 Å². The van der Waals surface area contributed by atoms with E-state index in [2.05, 4.69) is 91.2 Å². The van der Waals surface area contributed by atoms with Crippen LogP contribution in [0.15, 0.2) is 114 Å². The number of hydrogen-bond donors (Lipinski definition) is 0. The highest BCUT2D eigenvalue weighted by Gasteiger charge is 2.22. The quantitative estimate of drug-likeness (QED) is 0.226. The van der Waals surface area contributed by atoms with Crippen LogP contribution in [0, 0.1) is 6.92 Å². The summed E-state index contributed by atoms with van der Waals surface area (Å²) in [5.74, 6) is 0.629. The molecule has 0 aliphatic rings. The lowest BCUT2D eigenvalue weighted by molar-refractivity contribution is 0.971. The van der Waals surface area contributed by atoms with Crippen molar-refractivity contribution in [3.63, 3.8) is 0 Å². The monoisotopic (exact) mass is 492 g/mol. The number of nitrogens with zero attached hydrogens (tertiary/aromatic N) is 4. The van der Waals surface area contributed by atoms with Crippen LogP contribution in [0.3, 0.4) is 0 Å². The second kappa shape index (κ2) is 9.91. The van der Waals surface area contributed by atoms with Crippen LogP contribution in [0.1, 0.15) is 30.7 Å². The molecule has 4 heteroatoms. The zero-order chi connectivity index (χ0) is 26.1. The van der Waals surface area contributed by atoms with Gasteiger partial charge in [0, 0.05) is 21.9 Å². The number of aliphatic imine (C=N–C) groups is 1. The number of rotatable bonds is 5. The van der Waals surface area contributed by atoms with Gasteiger partial charge >= 0.3 is 0 Å². The molecule has 0 atom stereocenters. The molecule has 0 bridgehead atoms. The molecule has 0 amide bonds. The van der Waals surface area contributed by atoms with Gasteiger partial charge in [-0.15, -0.1) is 0 Å². The second-order valence-electron chi connectivity index (χ2n) is 9.35. The Morgan fingerprint density at radius 3 is 2.24 bits per heavy atom. The zero-order valence-electron chi connectivity index (χ0n) is 21.8. The predicted molar refractivity (Wildman–Crippen MR) is 160 cm³/mol. The van der Waals surface area contributed by atoms with Gasteiger partial charge in [-0.3, -0.25) is 9.56 Å². The third-order valence-electron chi connectivity index (χ3n) is 6.83. The smallest absolute Gasteiger partial charge is 0.235 e. The molecule has 0 aliphatic carbocycles. The summed E-state index contributed by atoms with van der Waals surface area (Å²) in [6.07, 6.45) is 4.23. The average Bonchev–Trinajstić information content (AvgIpc) is 3.28. The molecule has 4 aromatic carbocycles. The Morgan fingerprint density at radius 1 is 0.763 bits per heavy atom. The van der Waals surface area contributed by atoms with Crippen molar-refractivity contribution >= 4 is 39.3 Å². The van der Waals surface area contributed by atoms with Gasteiger partial charge in [0.15, 0.2) is 0 Å². The molecule has 38 heavy (non-hydrogen) atoms. The Morgan fingerprint density at radius 2 is 1.45 bits per heavy atom. The third kappa shape index (κ3) is 4.10. The lowest BCUT2D eigenvalue weighted by atomic mass is 10.1. The summed E-state index contributed by atoms with van der Waals surface area (Å²) in [6.45, 7) is 6.21. The van der Waals surface area contributed by atoms with E-state index in [1.165, 1.54) is 0 Å². The van der Waals surface area contributed by atoms with Crippen LogP contribution >= 0.6 is 0 Å². The SMILES string of the molecule is C/C=C\c1c(/C(C)=N/c2ccccc2C)n(-c2nc(-c3ccccc3)c3ccccc3n2)c2ccccc12. The van der Waals surface area contributed by atoms with Crippen LogP contribution in [0.25, 0.3) is 45.1 Å². The maximum absolute atomic E-state index is 5.21. The Kier molecular flexibility index (Phi) is 6.14. The maximum Gasteiger partial charge on any atom is 0.235 e. The minimum absolute atomic E-state index is 0.629. The molecule has 0 N–H and O–H groups in total. The Bertz CT molecular complexity index is 1840. The second-order valence-corrected chi connectivity index (χ2v) is 9.35. The summed E-state index contributed by atoms with van der Waals surface area (Å²) in [5.41, 5.74) is 9.01. The zero-order valence-corrected chi connectivity index (χ0v) is 21.8. The van der Waals surface area contributed by atoms with Gasteiger partial charge in [0.05, 0.1) is 33.8 Å². The fourth-order valence-corrected chi connectivity index (χ4v) is 5.07. The molecule has 0 unspecified atom stereocenters. The fourth-order valence-electron chi connectivity index (χ4n) is 5.07. The highest BCUT2D eigenvalue weighted by Crippen LogP contribution is 2.34. The standard InChI is InChI=1S/C34H28N4/c1-4-14-27-26-18-10-13-22-31(26)38(33(27)24(3)35-29-20-11-8-15-23(29)2)34-36-30-21-12-9-19-28(30)32(37-34)25-16-6-5-7-17-25/h4-22H,1-3H3/b14-4-,35-24+. The van der Waals surface area contributed by atoms with E-state index in [1.807, 2.05) is 49.4 Å². The molecule has 0 radical (unpaired) electrons. The minimum Gasteiger partial charge on any atom is -0.276 e. The van der Waals surface area contributed by atoms with Gasteiger partial charge in [-0.2, -0.15) is 0 Å². The molecular formula is C34H28N4. The topological polar surface area (TPSA) is 43.1 Å². The predicted octanol–water partition coefficient (Wildman–Crippen LogP) is 8.72. The molecule has 0 saturated carbocycles. The lowest BCUT2D eigenvalue weighted by Crippen LogP contribution is -2.11. The third-order valence-corrected chi connectivity index (χ3v) is 6.83. The molecule has 0 fully saturated rings. The molecular weight excluding hydrogens is 464 g/mol. The Balaban J connectivity index is 1.71. The van der Waals surface area contributed by atoms with Crippen molar-refractivity contribution in [2.75, 3.05) is 0 Å².